The smallest absolute Gasteiger partial charge is 0.218 e. The molecule has 1 fully saturated rings. The second-order valence-electron chi connectivity index (χ2n) is 7.25. The van der Waals surface area contributed by atoms with Crippen molar-refractivity contribution in [3.63, 3.8) is 0 Å². The summed E-state index contributed by atoms with van der Waals surface area (Å²) in [4.78, 5) is 8.76. The van der Waals surface area contributed by atoms with Crippen LogP contribution in [0.3, 0.4) is 0 Å². The summed E-state index contributed by atoms with van der Waals surface area (Å²) in [5.41, 5.74) is 1.90. The van der Waals surface area contributed by atoms with Crippen molar-refractivity contribution in [2.75, 3.05) is 25.6 Å². The van der Waals surface area contributed by atoms with Gasteiger partial charge in [-0.05, 0) is 43.9 Å². The van der Waals surface area contributed by atoms with Crippen LogP contribution in [-0.2, 0) is 6.54 Å². The highest BCUT2D eigenvalue weighted by atomic mass is 16.5. The molecule has 2 heterocycles. The molecule has 1 aliphatic carbocycles. The molecule has 154 valence electrons. The number of benzene rings is 1. The minimum absolute atomic E-state index is 0.280. The summed E-state index contributed by atoms with van der Waals surface area (Å²) < 4.78 is 17.6. The SMILES string of the molecule is CN=C(NCc1cccnc1OC1CCCC1)Nc1ccc2c(c1)OCCCO2. The summed E-state index contributed by atoms with van der Waals surface area (Å²) in [5, 5.41) is 6.64. The molecule has 1 saturated carbocycles. The summed E-state index contributed by atoms with van der Waals surface area (Å²) in [7, 11) is 1.75. The summed E-state index contributed by atoms with van der Waals surface area (Å²) in [5.74, 6) is 2.90. The van der Waals surface area contributed by atoms with Crippen molar-refractivity contribution in [1.29, 1.82) is 0 Å². The van der Waals surface area contributed by atoms with Gasteiger partial charge in [-0.15, -0.1) is 0 Å². The molecule has 0 radical (unpaired) electrons. The van der Waals surface area contributed by atoms with E-state index in [2.05, 4.69) is 20.6 Å². The van der Waals surface area contributed by atoms with E-state index < -0.39 is 0 Å². The number of anilines is 1. The van der Waals surface area contributed by atoms with Crippen molar-refractivity contribution in [3.8, 4) is 17.4 Å². The maximum atomic E-state index is 6.12. The van der Waals surface area contributed by atoms with E-state index in [1.54, 1.807) is 13.2 Å². The third-order valence-electron chi connectivity index (χ3n) is 5.11. The first-order valence-corrected chi connectivity index (χ1v) is 10.3. The predicted octanol–water partition coefficient (Wildman–Crippen LogP) is 3.75. The lowest BCUT2D eigenvalue weighted by atomic mass is 10.2. The number of hydrogen-bond donors (Lipinski definition) is 2. The van der Waals surface area contributed by atoms with Crippen LogP contribution in [0.15, 0.2) is 41.5 Å². The van der Waals surface area contributed by atoms with E-state index >= 15 is 0 Å². The third kappa shape index (κ3) is 5.10. The average Bonchev–Trinajstić information content (AvgIpc) is 3.15. The zero-order chi connectivity index (χ0) is 19.9. The molecule has 0 amide bonds. The number of hydrogen-bond acceptors (Lipinski definition) is 5. The monoisotopic (exact) mass is 396 g/mol. The lowest BCUT2D eigenvalue weighted by Crippen LogP contribution is -2.30. The summed E-state index contributed by atoms with van der Waals surface area (Å²) in [6.45, 7) is 1.91. The lowest BCUT2D eigenvalue weighted by Gasteiger charge is -2.17. The molecule has 0 bridgehead atoms. The van der Waals surface area contributed by atoms with Crippen LogP contribution in [0.2, 0.25) is 0 Å². The van der Waals surface area contributed by atoms with Crippen LogP contribution in [0.1, 0.15) is 37.7 Å². The van der Waals surface area contributed by atoms with Gasteiger partial charge in [0.25, 0.3) is 0 Å². The van der Waals surface area contributed by atoms with Gasteiger partial charge in [-0.3, -0.25) is 4.99 Å². The van der Waals surface area contributed by atoms with Gasteiger partial charge in [-0.2, -0.15) is 0 Å². The summed E-state index contributed by atoms with van der Waals surface area (Å²) >= 11 is 0. The number of aromatic nitrogens is 1. The molecule has 7 heteroatoms. The van der Waals surface area contributed by atoms with Crippen molar-refractivity contribution in [2.45, 2.75) is 44.8 Å². The molecule has 1 aliphatic heterocycles. The van der Waals surface area contributed by atoms with E-state index in [9.17, 15) is 0 Å². The number of guanidine groups is 1. The molecule has 0 spiro atoms. The summed E-state index contributed by atoms with van der Waals surface area (Å²) in [6.07, 6.45) is 7.63. The molecular weight excluding hydrogens is 368 g/mol. The fourth-order valence-electron chi connectivity index (χ4n) is 3.56. The van der Waals surface area contributed by atoms with Gasteiger partial charge < -0.3 is 24.8 Å². The van der Waals surface area contributed by atoms with E-state index in [-0.39, 0.29) is 6.10 Å². The van der Waals surface area contributed by atoms with Gasteiger partial charge in [0, 0.05) is 43.5 Å². The maximum absolute atomic E-state index is 6.12. The van der Waals surface area contributed by atoms with Crippen LogP contribution in [0.5, 0.6) is 17.4 Å². The Morgan fingerprint density at radius 1 is 1.14 bits per heavy atom. The molecule has 0 saturated heterocycles. The molecule has 2 N–H and O–H groups in total. The molecular formula is C22H28N4O3. The first kappa shape index (κ1) is 19.4. The second-order valence-corrected chi connectivity index (χ2v) is 7.25. The molecule has 7 nitrogen and oxygen atoms in total. The van der Waals surface area contributed by atoms with E-state index in [1.807, 2.05) is 30.3 Å². The molecule has 0 unspecified atom stereocenters. The van der Waals surface area contributed by atoms with Gasteiger partial charge in [-0.25, -0.2) is 4.98 Å². The van der Waals surface area contributed by atoms with Crippen LogP contribution in [0, 0.1) is 0 Å². The standard InChI is InChI=1S/C22H28N4O3/c1-23-22(26-17-9-10-19-20(14-17)28-13-5-12-27-19)25-15-16-6-4-11-24-21(16)29-18-7-2-3-8-18/h4,6,9-11,14,18H,2-3,5,7-8,12-13,15H2,1H3,(H2,23,25,26). The zero-order valence-electron chi connectivity index (χ0n) is 16.8. The largest absolute Gasteiger partial charge is 0.490 e. The van der Waals surface area contributed by atoms with Crippen LogP contribution >= 0.6 is 0 Å². The maximum Gasteiger partial charge on any atom is 0.218 e. The van der Waals surface area contributed by atoms with E-state index in [0.29, 0.717) is 31.6 Å². The Balaban J connectivity index is 1.38. The Bertz CT molecular complexity index is 850. The topological polar surface area (TPSA) is 77.0 Å². The highest BCUT2D eigenvalue weighted by Crippen LogP contribution is 2.32. The Labute approximate surface area is 171 Å². The number of ether oxygens (including phenoxy) is 3. The number of aliphatic imine (C=N–C) groups is 1. The zero-order valence-corrected chi connectivity index (χ0v) is 16.8. The minimum atomic E-state index is 0.280. The average molecular weight is 396 g/mol. The number of nitrogens with one attached hydrogen (secondary N) is 2. The molecule has 1 aromatic heterocycles. The number of nitrogens with zero attached hydrogens (tertiary/aromatic N) is 2. The van der Waals surface area contributed by atoms with Gasteiger partial charge in [-0.1, -0.05) is 6.07 Å². The predicted molar refractivity (Wildman–Crippen MR) is 113 cm³/mol. The molecule has 2 aromatic rings. The highest BCUT2D eigenvalue weighted by Gasteiger charge is 2.18. The molecule has 2 aliphatic rings. The van der Waals surface area contributed by atoms with Gasteiger partial charge in [0.1, 0.15) is 6.10 Å². The lowest BCUT2D eigenvalue weighted by molar-refractivity contribution is 0.199. The third-order valence-corrected chi connectivity index (χ3v) is 5.11. The fraction of sp³-hybridized carbons (Fsp3) is 0.455. The van der Waals surface area contributed by atoms with Gasteiger partial charge in [0.05, 0.1) is 13.2 Å². The van der Waals surface area contributed by atoms with E-state index in [4.69, 9.17) is 14.2 Å². The van der Waals surface area contributed by atoms with Gasteiger partial charge >= 0.3 is 0 Å². The highest BCUT2D eigenvalue weighted by molar-refractivity contribution is 5.93. The van der Waals surface area contributed by atoms with Crippen molar-refractivity contribution in [3.05, 3.63) is 42.1 Å². The van der Waals surface area contributed by atoms with E-state index in [0.717, 1.165) is 42.0 Å². The molecule has 1 aromatic carbocycles. The van der Waals surface area contributed by atoms with Crippen LogP contribution in [0.25, 0.3) is 0 Å². The number of rotatable bonds is 5. The number of fused-ring (bicyclic) bond motifs is 1. The summed E-state index contributed by atoms with van der Waals surface area (Å²) in [6, 6.07) is 9.78. The van der Waals surface area contributed by atoms with Crippen molar-refractivity contribution in [1.82, 2.24) is 10.3 Å². The van der Waals surface area contributed by atoms with Crippen molar-refractivity contribution < 1.29 is 14.2 Å². The normalized spacial score (nSPS) is 16.9. The van der Waals surface area contributed by atoms with Gasteiger partial charge in [0.2, 0.25) is 5.88 Å². The van der Waals surface area contributed by atoms with Crippen LogP contribution in [0.4, 0.5) is 5.69 Å². The second kappa shape index (κ2) is 9.49. The van der Waals surface area contributed by atoms with Crippen molar-refractivity contribution >= 4 is 11.6 Å². The Morgan fingerprint density at radius 3 is 2.79 bits per heavy atom. The number of pyridine rings is 1. The fourth-order valence-corrected chi connectivity index (χ4v) is 3.56. The quantitative estimate of drug-likeness (QED) is 0.592. The van der Waals surface area contributed by atoms with Crippen LogP contribution < -0.4 is 24.8 Å². The first-order valence-electron chi connectivity index (χ1n) is 10.3. The first-order chi connectivity index (χ1) is 14.3. The van der Waals surface area contributed by atoms with Gasteiger partial charge in [0.15, 0.2) is 17.5 Å². The van der Waals surface area contributed by atoms with Crippen molar-refractivity contribution in [2.24, 2.45) is 4.99 Å². The van der Waals surface area contributed by atoms with Crippen LogP contribution in [-0.4, -0.2) is 37.3 Å². The Morgan fingerprint density at radius 2 is 1.97 bits per heavy atom. The molecule has 0 atom stereocenters. The molecule has 4 rings (SSSR count). The Hall–Kier alpha value is -2.96. The minimum Gasteiger partial charge on any atom is -0.490 e. The van der Waals surface area contributed by atoms with E-state index in [1.165, 1.54) is 12.8 Å². The Kier molecular flexibility index (Phi) is 6.34. The molecule has 29 heavy (non-hydrogen) atoms.